The summed E-state index contributed by atoms with van der Waals surface area (Å²) < 4.78 is 18.5. The first-order valence-electron chi connectivity index (χ1n) is 4.48. The Morgan fingerprint density at radius 2 is 2.00 bits per heavy atom. The van der Waals surface area contributed by atoms with E-state index < -0.39 is 0 Å². The molecule has 0 saturated heterocycles. The number of para-hydroxylation sites is 1. The van der Waals surface area contributed by atoms with Crippen molar-refractivity contribution in [1.29, 1.82) is 0 Å². The summed E-state index contributed by atoms with van der Waals surface area (Å²) in [5, 5.41) is 0.828. The second-order valence-corrected chi connectivity index (χ2v) is 4.58. The molecule has 0 fully saturated rings. The van der Waals surface area contributed by atoms with Crippen LogP contribution in [0.15, 0.2) is 24.3 Å². The summed E-state index contributed by atoms with van der Waals surface area (Å²) in [5.74, 6) is 0.0133. The quantitative estimate of drug-likeness (QED) is 0.752. The Balaban J connectivity index is 2.58. The molecule has 0 aromatic heterocycles. The molecule has 0 aliphatic carbocycles. The van der Waals surface area contributed by atoms with Gasteiger partial charge in [-0.15, -0.1) is 0 Å². The fraction of sp³-hybridized carbons (Fsp3) is 0.455. The third kappa shape index (κ3) is 3.29. The molecule has 0 aliphatic heterocycles. The molecule has 3 heteroatoms. The largest absolute Gasteiger partial charge is 0.490 e. The highest BCUT2D eigenvalue weighted by molar-refractivity contribution is 9.09. The SMILES string of the molecule is CC(C)(CBr)COc1ccccc1F. The van der Waals surface area contributed by atoms with Crippen molar-refractivity contribution in [2.24, 2.45) is 5.41 Å². The van der Waals surface area contributed by atoms with Crippen LogP contribution in [0.5, 0.6) is 5.75 Å². The maximum absolute atomic E-state index is 13.1. The number of hydrogen-bond donors (Lipinski definition) is 0. The van der Waals surface area contributed by atoms with Crippen molar-refractivity contribution in [3.63, 3.8) is 0 Å². The topological polar surface area (TPSA) is 9.23 Å². The van der Waals surface area contributed by atoms with Crippen LogP contribution in [-0.2, 0) is 0 Å². The van der Waals surface area contributed by atoms with Gasteiger partial charge in [-0.05, 0) is 12.1 Å². The van der Waals surface area contributed by atoms with Crippen molar-refractivity contribution in [1.82, 2.24) is 0 Å². The monoisotopic (exact) mass is 260 g/mol. The molecule has 0 radical (unpaired) electrons. The van der Waals surface area contributed by atoms with E-state index in [0.29, 0.717) is 12.4 Å². The van der Waals surface area contributed by atoms with E-state index in [1.165, 1.54) is 6.07 Å². The van der Waals surface area contributed by atoms with Gasteiger partial charge < -0.3 is 4.74 Å². The van der Waals surface area contributed by atoms with E-state index in [0.717, 1.165) is 5.33 Å². The normalized spacial score (nSPS) is 11.4. The van der Waals surface area contributed by atoms with E-state index in [1.807, 2.05) is 0 Å². The molecule has 1 aromatic carbocycles. The first-order chi connectivity index (χ1) is 6.55. The Hall–Kier alpha value is -0.570. The van der Waals surface area contributed by atoms with Crippen LogP contribution < -0.4 is 4.74 Å². The van der Waals surface area contributed by atoms with E-state index in [1.54, 1.807) is 18.2 Å². The highest BCUT2D eigenvalue weighted by Gasteiger charge is 2.17. The van der Waals surface area contributed by atoms with Crippen LogP contribution in [0.4, 0.5) is 4.39 Å². The van der Waals surface area contributed by atoms with Gasteiger partial charge in [0.15, 0.2) is 11.6 Å². The Morgan fingerprint density at radius 3 is 2.57 bits per heavy atom. The van der Waals surface area contributed by atoms with Gasteiger partial charge in [0.05, 0.1) is 6.61 Å². The van der Waals surface area contributed by atoms with Gasteiger partial charge in [-0.25, -0.2) is 4.39 Å². The molecule has 0 spiro atoms. The highest BCUT2D eigenvalue weighted by Crippen LogP contribution is 2.22. The van der Waals surface area contributed by atoms with Crippen molar-refractivity contribution >= 4 is 15.9 Å². The summed E-state index contributed by atoms with van der Waals surface area (Å²) >= 11 is 3.39. The third-order valence-electron chi connectivity index (χ3n) is 1.82. The fourth-order valence-corrected chi connectivity index (χ4v) is 1.04. The van der Waals surface area contributed by atoms with Crippen LogP contribution >= 0.6 is 15.9 Å². The first-order valence-corrected chi connectivity index (χ1v) is 5.60. The minimum absolute atomic E-state index is 0.0162. The average molecular weight is 261 g/mol. The van der Waals surface area contributed by atoms with E-state index in [4.69, 9.17) is 4.74 Å². The van der Waals surface area contributed by atoms with Crippen molar-refractivity contribution in [2.75, 3.05) is 11.9 Å². The predicted molar refractivity (Wildman–Crippen MR) is 59.5 cm³/mol. The lowest BCUT2D eigenvalue weighted by Gasteiger charge is -2.21. The predicted octanol–water partition coefficient (Wildman–Crippen LogP) is 3.63. The van der Waals surface area contributed by atoms with Crippen LogP contribution in [-0.4, -0.2) is 11.9 Å². The van der Waals surface area contributed by atoms with Crippen molar-refractivity contribution in [3.05, 3.63) is 30.1 Å². The minimum Gasteiger partial charge on any atom is -0.490 e. The average Bonchev–Trinajstić information content (AvgIpc) is 2.17. The molecule has 0 saturated carbocycles. The van der Waals surface area contributed by atoms with Gasteiger partial charge >= 0.3 is 0 Å². The smallest absolute Gasteiger partial charge is 0.165 e. The van der Waals surface area contributed by atoms with Gasteiger partial charge in [0.25, 0.3) is 0 Å². The standard InChI is InChI=1S/C11H14BrFO/c1-11(2,7-12)8-14-10-6-4-3-5-9(10)13/h3-6H,7-8H2,1-2H3. The number of hydrogen-bond acceptors (Lipinski definition) is 1. The maximum atomic E-state index is 13.1. The van der Waals surface area contributed by atoms with Gasteiger partial charge in [0, 0.05) is 10.7 Å². The van der Waals surface area contributed by atoms with Crippen LogP contribution in [0.25, 0.3) is 0 Å². The van der Waals surface area contributed by atoms with Crippen molar-refractivity contribution in [3.8, 4) is 5.75 Å². The van der Waals surface area contributed by atoms with Crippen LogP contribution in [0, 0.1) is 11.2 Å². The molecular formula is C11H14BrFO. The zero-order valence-corrected chi connectivity index (χ0v) is 9.97. The summed E-state index contributed by atoms with van der Waals surface area (Å²) in [6, 6.07) is 6.45. The summed E-state index contributed by atoms with van der Waals surface area (Å²) in [4.78, 5) is 0. The fourth-order valence-electron chi connectivity index (χ4n) is 0.873. The van der Waals surface area contributed by atoms with Crippen molar-refractivity contribution < 1.29 is 9.13 Å². The Kier molecular flexibility index (Phi) is 3.93. The molecule has 1 nitrogen and oxygen atoms in total. The maximum Gasteiger partial charge on any atom is 0.165 e. The van der Waals surface area contributed by atoms with Crippen LogP contribution in [0.3, 0.4) is 0 Å². The van der Waals surface area contributed by atoms with E-state index in [-0.39, 0.29) is 11.2 Å². The zero-order valence-electron chi connectivity index (χ0n) is 8.39. The lowest BCUT2D eigenvalue weighted by Crippen LogP contribution is -2.23. The second kappa shape index (κ2) is 4.78. The summed E-state index contributed by atoms with van der Waals surface area (Å²) in [6.45, 7) is 4.62. The van der Waals surface area contributed by atoms with Crippen LogP contribution in [0.2, 0.25) is 0 Å². The van der Waals surface area contributed by atoms with Gasteiger partial charge in [0.2, 0.25) is 0 Å². The minimum atomic E-state index is -0.308. The Labute approximate surface area is 92.4 Å². The van der Waals surface area contributed by atoms with E-state index in [9.17, 15) is 4.39 Å². The van der Waals surface area contributed by atoms with Gasteiger partial charge in [-0.3, -0.25) is 0 Å². The Morgan fingerprint density at radius 1 is 1.36 bits per heavy atom. The molecule has 0 atom stereocenters. The lowest BCUT2D eigenvalue weighted by molar-refractivity contribution is 0.196. The van der Waals surface area contributed by atoms with Crippen LogP contribution in [0.1, 0.15) is 13.8 Å². The van der Waals surface area contributed by atoms with Gasteiger partial charge in [0.1, 0.15) is 0 Å². The molecule has 0 heterocycles. The zero-order chi connectivity index (χ0) is 10.6. The molecular weight excluding hydrogens is 247 g/mol. The van der Waals surface area contributed by atoms with Gasteiger partial charge in [-0.2, -0.15) is 0 Å². The second-order valence-electron chi connectivity index (χ2n) is 4.02. The molecule has 0 amide bonds. The van der Waals surface area contributed by atoms with E-state index in [2.05, 4.69) is 29.8 Å². The molecule has 1 aromatic rings. The van der Waals surface area contributed by atoms with E-state index >= 15 is 0 Å². The molecule has 1 rings (SSSR count). The number of alkyl halides is 1. The highest BCUT2D eigenvalue weighted by atomic mass is 79.9. The Bertz CT molecular complexity index is 299. The molecule has 14 heavy (non-hydrogen) atoms. The summed E-state index contributed by atoms with van der Waals surface area (Å²) in [7, 11) is 0. The number of benzene rings is 1. The number of halogens is 2. The van der Waals surface area contributed by atoms with Crippen molar-refractivity contribution in [2.45, 2.75) is 13.8 Å². The van der Waals surface area contributed by atoms with Gasteiger partial charge in [-0.1, -0.05) is 41.9 Å². The molecule has 0 unspecified atom stereocenters. The first kappa shape index (κ1) is 11.5. The molecule has 0 N–H and O–H groups in total. The summed E-state index contributed by atoms with van der Waals surface area (Å²) in [6.07, 6.45) is 0. The molecule has 78 valence electrons. The summed E-state index contributed by atoms with van der Waals surface area (Å²) in [5.41, 5.74) is 0.0162. The lowest BCUT2D eigenvalue weighted by atomic mass is 9.98. The molecule has 0 aliphatic rings. The molecule has 0 bridgehead atoms. The third-order valence-corrected chi connectivity index (χ3v) is 3.33. The number of rotatable bonds is 4. The number of ether oxygens (including phenoxy) is 1.